The SMILES string of the molecule is COC(=O)c1cc(/C=C(\C#N)c2nccs2)nn1C. The Kier molecular flexibility index (Phi) is 3.73. The number of ether oxygens (including phenoxy) is 1. The first-order chi connectivity index (χ1) is 9.15. The van der Waals surface area contributed by atoms with Crippen LogP contribution >= 0.6 is 11.3 Å². The fourth-order valence-electron chi connectivity index (χ4n) is 1.50. The van der Waals surface area contributed by atoms with Gasteiger partial charge in [-0.3, -0.25) is 4.68 Å². The lowest BCUT2D eigenvalue weighted by Gasteiger charge is -1.96. The molecule has 0 fully saturated rings. The molecule has 0 aliphatic heterocycles. The highest BCUT2D eigenvalue weighted by Gasteiger charge is 2.13. The second-order valence-electron chi connectivity index (χ2n) is 3.58. The summed E-state index contributed by atoms with van der Waals surface area (Å²) in [6.45, 7) is 0. The van der Waals surface area contributed by atoms with Gasteiger partial charge in [-0.2, -0.15) is 10.4 Å². The van der Waals surface area contributed by atoms with E-state index >= 15 is 0 Å². The van der Waals surface area contributed by atoms with E-state index in [2.05, 4.69) is 20.9 Å². The summed E-state index contributed by atoms with van der Waals surface area (Å²) in [5.74, 6) is -0.470. The van der Waals surface area contributed by atoms with Gasteiger partial charge < -0.3 is 4.74 Å². The molecule has 96 valence electrons. The smallest absolute Gasteiger partial charge is 0.356 e. The van der Waals surface area contributed by atoms with Crippen molar-refractivity contribution >= 4 is 29.0 Å². The fourth-order valence-corrected chi connectivity index (χ4v) is 2.11. The van der Waals surface area contributed by atoms with Crippen molar-refractivity contribution in [3.8, 4) is 6.07 Å². The van der Waals surface area contributed by atoms with Crippen molar-refractivity contribution in [1.29, 1.82) is 5.26 Å². The molecule has 2 aromatic heterocycles. The van der Waals surface area contributed by atoms with Gasteiger partial charge in [0.2, 0.25) is 0 Å². The molecule has 0 N–H and O–H groups in total. The standard InChI is InChI=1S/C12H10N4O2S/c1-16-10(12(17)18-2)6-9(15-16)5-8(7-13)11-14-3-4-19-11/h3-6H,1-2H3/b8-5+. The monoisotopic (exact) mass is 274 g/mol. The molecule has 0 aliphatic carbocycles. The fraction of sp³-hybridized carbons (Fsp3) is 0.167. The summed E-state index contributed by atoms with van der Waals surface area (Å²) in [5, 5.41) is 15.7. The van der Waals surface area contributed by atoms with Gasteiger partial charge in [-0.15, -0.1) is 11.3 Å². The third kappa shape index (κ3) is 2.69. The Labute approximate surface area is 113 Å². The molecule has 0 amide bonds. The average molecular weight is 274 g/mol. The number of methoxy groups -OCH3 is 1. The number of nitriles is 1. The predicted molar refractivity (Wildman–Crippen MR) is 70.1 cm³/mol. The number of nitrogens with zero attached hydrogens (tertiary/aromatic N) is 4. The van der Waals surface area contributed by atoms with Crippen molar-refractivity contribution in [2.24, 2.45) is 7.05 Å². The minimum Gasteiger partial charge on any atom is -0.464 e. The van der Waals surface area contributed by atoms with Crippen LogP contribution in [-0.4, -0.2) is 27.8 Å². The number of aryl methyl sites for hydroxylation is 1. The summed E-state index contributed by atoms with van der Waals surface area (Å²) < 4.78 is 6.05. The lowest BCUT2D eigenvalue weighted by molar-refractivity contribution is 0.0588. The maximum absolute atomic E-state index is 11.5. The van der Waals surface area contributed by atoms with E-state index in [-0.39, 0.29) is 0 Å². The second kappa shape index (κ2) is 5.46. The van der Waals surface area contributed by atoms with Crippen molar-refractivity contribution in [3.05, 3.63) is 34.0 Å². The summed E-state index contributed by atoms with van der Waals surface area (Å²) >= 11 is 1.37. The first-order valence-electron chi connectivity index (χ1n) is 5.29. The van der Waals surface area contributed by atoms with Crippen molar-refractivity contribution in [2.75, 3.05) is 7.11 Å². The molecule has 0 unspecified atom stereocenters. The molecular weight excluding hydrogens is 264 g/mol. The van der Waals surface area contributed by atoms with Crippen LogP contribution in [0.3, 0.4) is 0 Å². The molecule has 0 atom stereocenters. The van der Waals surface area contributed by atoms with Gasteiger partial charge in [-0.25, -0.2) is 9.78 Å². The van der Waals surface area contributed by atoms with Gasteiger partial charge >= 0.3 is 5.97 Å². The Bertz CT molecular complexity index is 664. The summed E-state index contributed by atoms with van der Waals surface area (Å²) in [6.07, 6.45) is 3.22. The Hall–Kier alpha value is -2.46. The van der Waals surface area contributed by atoms with Gasteiger partial charge in [-0.05, 0) is 12.1 Å². The number of carbonyl (C=O) groups excluding carboxylic acids is 1. The van der Waals surface area contributed by atoms with Crippen molar-refractivity contribution < 1.29 is 9.53 Å². The van der Waals surface area contributed by atoms with Gasteiger partial charge in [-0.1, -0.05) is 0 Å². The normalized spacial score (nSPS) is 11.1. The number of rotatable bonds is 3. The zero-order chi connectivity index (χ0) is 13.8. The average Bonchev–Trinajstić information content (AvgIpc) is 3.04. The molecule has 7 heteroatoms. The van der Waals surface area contributed by atoms with Gasteiger partial charge in [0.1, 0.15) is 16.8 Å². The van der Waals surface area contributed by atoms with Crippen LogP contribution in [0, 0.1) is 11.3 Å². The summed E-state index contributed by atoms with van der Waals surface area (Å²) in [4.78, 5) is 15.5. The quantitative estimate of drug-likeness (QED) is 0.629. The van der Waals surface area contributed by atoms with Crippen LogP contribution in [0.15, 0.2) is 17.6 Å². The second-order valence-corrected chi connectivity index (χ2v) is 4.47. The van der Waals surface area contributed by atoms with E-state index in [1.807, 2.05) is 0 Å². The lowest BCUT2D eigenvalue weighted by Crippen LogP contribution is -2.07. The first kappa shape index (κ1) is 13.0. The van der Waals surface area contributed by atoms with Crippen LogP contribution in [0.25, 0.3) is 11.6 Å². The molecule has 0 radical (unpaired) electrons. The molecule has 0 saturated carbocycles. The number of carbonyl (C=O) groups is 1. The summed E-state index contributed by atoms with van der Waals surface area (Å²) in [5.41, 5.74) is 1.24. The van der Waals surface area contributed by atoms with E-state index in [9.17, 15) is 4.79 Å². The number of thiazole rings is 1. The van der Waals surface area contributed by atoms with Crippen LogP contribution in [0.2, 0.25) is 0 Å². The minimum absolute atomic E-state index is 0.324. The molecule has 0 bridgehead atoms. The summed E-state index contributed by atoms with van der Waals surface area (Å²) in [7, 11) is 2.94. The highest BCUT2D eigenvalue weighted by Crippen LogP contribution is 2.19. The van der Waals surface area contributed by atoms with Gasteiger partial charge in [0.25, 0.3) is 0 Å². The number of hydrogen-bond acceptors (Lipinski definition) is 6. The van der Waals surface area contributed by atoms with E-state index in [0.29, 0.717) is 22.0 Å². The van der Waals surface area contributed by atoms with E-state index in [1.165, 1.54) is 23.1 Å². The minimum atomic E-state index is -0.470. The van der Waals surface area contributed by atoms with Crippen LogP contribution in [-0.2, 0) is 11.8 Å². The Morgan fingerprint density at radius 2 is 2.42 bits per heavy atom. The molecule has 2 aromatic rings. The molecule has 2 rings (SSSR count). The zero-order valence-corrected chi connectivity index (χ0v) is 11.1. The molecule has 6 nitrogen and oxygen atoms in total. The van der Waals surface area contributed by atoms with E-state index in [1.54, 1.807) is 30.8 Å². The molecule has 19 heavy (non-hydrogen) atoms. The van der Waals surface area contributed by atoms with Crippen LogP contribution in [0.4, 0.5) is 0 Å². The maximum atomic E-state index is 11.5. The number of allylic oxidation sites excluding steroid dienone is 1. The van der Waals surface area contributed by atoms with Crippen molar-refractivity contribution in [3.63, 3.8) is 0 Å². The van der Waals surface area contributed by atoms with E-state index in [0.717, 1.165) is 0 Å². The lowest BCUT2D eigenvalue weighted by atomic mass is 10.2. The van der Waals surface area contributed by atoms with Crippen molar-refractivity contribution in [1.82, 2.24) is 14.8 Å². The number of aromatic nitrogens is 3. The molecule has 0 aliphatic rings. The number of esters is 1. The van der Waals surface area contributed by atoms with Crippen LogP contribution in [0.1, 0.15) is 21.2 Å². The van der Waals surface area contributed by atoms with E-state index in [4.69, 9.17) is 5.26 Å². The molecule has 0 aromatic carbocycles. The number of hydrogen-bond donors (Lipinski definition) is 0. The Morgan fingerprint density at radius 1 is 1.63 bits per heavy atom. The molecule has 2 heterocycles. The molecule has 0 spiro atoms. The van der Waals surface area contributed by atoms with E-state index < -0.39 is 5.97 Å². The predicted octanol–water partition coefficient (Wildman–Crippen LogP) is 1.73. The Morgan fingerprint density at radius 3 is 3.00 bits per heavy atom. The van der Waals surface area contributed by atoms with Gasteiger partial charge in [0.05, 0.1) is 18.4 Å². The maximum Gasteiger partial charge on any atom is 0.356 e. The Balaban J connectivity index is 2.38. The highest BCUT2D eigenvalue weighted by molar-refractivity contribution is 7.10. The third-order valence-electron chi connectivity index (χ3n) is 2.37. The molecular formula is C12H10N4O2S. The third-order valence-corrected chi connectivity index (χ3v) is 3.18. The largest absolute Gasteiger partial charge is 0.464 e. The van der Waals surface area contributed by atoms with Crippen LogP contribution < -0.4 is 0 Å². The molecule has 0 saturated heterocycles. The van der Waals surface area contributed by atoms with Gasteiger partial charge in [0, 0.05) is 18.6 Å². The zero-order valence-electron chi connectivity index (χ0n) is 10.3. The first-order valence-corrected chi connectivity index (χ1v) is 6.17. The van der Waals surface area contributed by atoms with Gasteiger partial charge in [0.15, 0.2) is 0 Å². The van der Waals surface area contributed by atoms with Crippen molar-refractivity contribution in [2.45, 2.75) is 0 Å². The summed E-state index contributed by atoms with van der Waals surface area (Å²) in [6, 6.07) is 3.63. The highest BCUT2D eigenvalue weighted by atomic mass is 32.1. The topological polar surface area (TPSA) is 80.8 Å². The van der Waals surface area contributed by atoms with Crippen LogP contribution in [0.5, 0.6) is 0 Å².